The largest absolute Gasteiger partial charge is 0.497 e. The molecule has 8 rings (SSSR count). The summed E-state index contributed by atoms with van der Waals surface area (Å²) in [6.45, 7) is 0. The molecule has 0 bridgehead atoms. The lowest BCUT2D eigenvalue weighted by atomic mass is 10.1. The van der Waals surface area contributed by atoms with Crippen LogP contribution >= 0.6 is 0 Å². The van der Waals surface area contributed by atoms with Crippen molar-refractivity contribution >= 4 is 51.2 Å². The molecule has 0 unspecified atom stereocenters. The van der Waals surface area contributed by atoms with Crippen LogP contribution in [0.15, 0.2) is 218 Å². The van der Waals surface area contributed by atoms with Gasteiger partial charge in [-0.05, 0) is 108 Å². The summed E-state index contributed by atoms with van der Waals surface area (Å²) in [4.78, 5) is 42.6. The van der Waals surface area contributed by atoms with Gasteiger partial charge in [0, 0.05) is 53.5 Å². The van der Waals surface area contributed by atoms with Crippen LogP contribution in [0.1, 0.15) is 31.1 Å². The number of hydrogen-bond acceptors (Lipinski definition) is 4. The van der Waals surface area contributed by atoms with Crippen molar-refractivity contribution in [3.8, 4) is 5.75 Å². The average molecular weight is 776 g/mol. The number of amides is 3. The van der Waals surface area contributed by atoms with E-state index in [4.69, 9.17) is 4.74 Å². The molecule has 0 N–H and O–H groups in total. The third kappa shape index (κ3) is 10.8. The van der Waals surface area contributed by atoms with E-state index in [0.717, 1.165) is 39.3 Å². The Morgan fingerprint density at radius 1 is 0.356 bits per heavy atom. The Kier molecular flexibility index (Phi) is 14.1. The molecule has 3 amide bonds. The number of para-hydroxylation sites is 4. The number of benzene rings is 8. The van der Waals surface area contributed by atoms with Crippen LogP contribution in [0, 0.1) is 0 Å². The maximum absolute atomic E-state index is 12.9. The van der Waals surface area contributed by atoms with Crippen molar-refractivity contribution in [2.45, 2.75) is 0 Å². The van der Waals surface area contributed by atoms with Crippen molar-refractivity contribution in [3.05, 3.63) is 235 Å². The Hall–Kier alpha value is -7.77. The summed E-state index contributed by atoms with van der Waals surface area (Å²) in [5.74, 6) is 0.674. The fourth-order valence-corrected chi connectivity index (χ4v) is 6.23. The summed E-state index contributed by atoms with van der Waals surface area (Å²) >= 11 is 0. The van der Waals surface area contributed by atoms with Gasteiger partial charge in [0.15, 0.2) is 0 Å². The van der Waals surface area contributed by atoms with Gasteiger partial charge in [-0.2, -0.15) is 0 Å². The molecule has 0 heterocycles. The summed E-state index contributed by atoms with van der Waals surface area (Å²) in [5.41, 5.74) is 5.50. The second kappa shape index (κ2) is 20.4. The first kappa shape index (κ1) is 40.9. The topological polar surface area (TPSA) is 70.2 Å². The monoisotopic (exact) mass is 775 g/mol. The standard InChI is InChI=1S/C19H15NO.C18H15NO.C15H15NO2/c21-19(16-10-4-1-5-11-16)20(17-12-6-2-7-13-17)18-14-8-3-9-15-18;1-19(17-9-3-2-4-10-17)18(20)16-12-11-14-7-5-6-8-15(14)13-16;1-16(13-6-4-3-5-7-13)15(17)12-8-10-14(18-2)11-9-12/h1-15H;2-13H,1H3;3-11H,1-2H3. The second-order valence-corrected chi connectivity index (χ2v) is 13.4. The molecule has 8 aromatic carbocycles. The smallest absolute Gasteiger partial charge is 0.262 e. The maximum atomic E-state index is 12.9. The van der Waals surface area contributed by atoms with Gasteiger partial charge in [-0.15, -0.1) is 0 Å². The molecule has 0 aromatic heterocycles. The first-order valence-electron chi connectivity index (χ1n) is 19.1. The Bertz CT molecular complexity index is 2510. The van der Waals surface area contributed by atoms with Crippen LogP contribution in [0.5, 0.6) is 5.75 Å². The van der Waals surface area contributed by atoms with Crippen LogP contribution in [0.2, 0.25) is 0 Å². The summed E-state index contributed by atoms with van der Waals surface area (Å²) in [7, 11) is 5.17. The predicted octanol–water partition coefficient (Wildman–Crippen LogP) is 11.8. The minimum atomic E-state index is -0.0381. The molecular weight excluding hydrogens is 731 g/mol. The van der Waals surface area contributed by atoms with Crippen LogP contribution in [0.25, 0.3) is 10.8 Å². The van der Waals surface area contributed by atoms with E-state index in [1.807, 2.05) is 194 Å². The van der Waals surface area contributed by atoms with Crippen LogP contribution in [0.3, 0.4) is 0 Å². The minimum Gasteiger partial charge on any atom is -0.497 e. The normalized spacial score (nSPS) is 10.2. The van der Waals surface area contributed by atoms with Crippen molar-refractivity contribution < 1.29 is 19.1 Å². The van der Waals surface area contributed by atoms with Gasteiger partial charge < -0.3 is 14.5 Å². The van der Waals surface area contributed by atoms with Crippen molar-refractivity contribution in [2.24, 2.45) is 0 Å². The fourth-order valence-electron chi connectivity index (χ4n) is 6.23. The van der Waals surface area contributed by atoms with Gasteiger partial charge in [0.25, 0.3) is 17.7 Å². The first-order valence-corrected chi connectivity index (χ1v) is 19.1. The third-order valence-corrected chi connectivity index (χ3v) is 9.48. The van der Waals surface area contributed by atoms with E-state index in [-0.39, 0.29) is 17.7 Å². The molecule has 0 aliphatic rings. The molecule has 7 nitrogen and oxygen atoms in total. The number of fused-ring (bicyclic) bond motifs is 1. The molecule has 0 fully saturated rings. The number of carbonyl (C=O) groups is 3. The lowest BCUT2D eigenvalue weighted by Crippen LogP contribution is -2.26. The van der Waals surface area contributed by atoms with E-state index >= 15 is 0 Å². The highest BCUT2D eigenvalue weighted by atomic mass is 16.5. The highest BCUT2D eigenvalue weighted by Crippen LogP contribution is 2.27. The summed E-state index contributed by atoms with van der Waals surface area (Å²) in [6.07, 6.45) is 0. The molecule has 0 aliphatic carbocycles. The van der Waals surface area contributed by atoms with E-state index < -0.39 is 0 Å². The Labute approximate surface area is 346 Å². The molecule has 0 saturated heterocycles. The molecule has 0 spiro atoms. The van der Waals surface area contributed by atoms with Gasteiger partial charge in [0.1, 0.15) is 5.75 Å². The van der Waals surface area contributed by atoms with Crippen molar-refractivity contribution in [2.75, 3.05) is 35.9 Å². The first-order chi connectivity index (χ1) is 28.8. The summed E-state index contributed by atoms with van der Waals surface area (Å²) in [5, 5.41) is 2.23. The highest BCUT2D eigenvalue weighted by Gasteiger charge is 2.19. The Morgan fingerprint density at radius 2 is 0.712 bits per heavy atom. The lowest BCUT2D eigenvalue weighted by molar-refractivity contribution is 0.0985. The highest BCUT2D eigenvalue weighted by molar-refractivity contribution is 6.11. The second-order valence-electron chi connectivity index (χ2n) is 13.4. The molecule has 0 radical (unpaired) electrons. The number of nitrogens with zero attached hydrogens (tertiary/aromatic N) is 3. The van der Waals surface area contributed by atoms with Crippen molar-refractivity contribution in [3.63, 3.8) is 0 Å². The van der Waals surface area contributed by atoms with E-state index in [1.54, 1.807) is 60.2 Å². The van der Waals surface area contributed by atoms with Crippen molar-refractivity contribution in [1.82, 2.24) is 0 Å². The molecular formula is C52H45N3O4. The van der Waals surface area contributed by atoms with Gasteiger partial charge in [-0.25, -0.2) is 0 Å². The van der Waals surface area contributed by atoms with E-state index in [9.17, 15) is 14.4 Å². The zero-order chi connectivity index (χ0) is 41.4. The van der Waals surface area contributed by atoms with Crippen LogP contribution < -0.4 is 19.4 Å². The number of hydrogen-bond donors (Lipinski definition) is 0. The zero-order valence-electron chi connectivity index (χ0n) is 33.3. The van der Waals surface area contributed by atoms with Gasteiger partial charge >= 0.3 is 0 Å². The Morgan fingerprint density at radius 3 is 1.17 bits per heavy atom. The van der Waals surface area contributed by atoms with Gasteiger partial charge in [0.05, 0.1) is 7.11 Å². The zero-order valence-corrected chi connectivity index (χ0v) is 33.3. The molecule has 0 saturated carbocycles. The van der Waals surface area contributed by atoms with E-state index in [0.29, 0.717) is 16.7 Å². The minimum absolute atomic E-state index is 0.00181. The van der Waals surface area contributed by atoms with Gasteiger partial charge in [-0.1, -0.05) is 121 Å². The lowest BCUT2D eigenvalue weighted by Gasteiger charge is -2.23. The fraction of sp³-hybridized carbons (Fsp3) is 0.0577. The van der Waals surface area contributed by atoms with Crippen LogP contribution in [0.4, 0.5) is 22.7 Å². The van der Waals surface area contributed by atoms with Gasteiger partial charge in [0.2, 0.25) is 0 Å². The number of anilines is 4. The molecule has 292 valence electrons. The van der Waals surface area contributed by atoms with E-state index in [1.165, 1.54) is 0 Å². The molecule has 7 heteroatoms. The SMILES string of the molecule is CN(C(=O)c1ccc2ccccc2c1)c1ccccc1.COc1ccc(C(=O)N(C)c2ccccc2)cc1.O=C(c1ccccc1)N(c1ccccc1)c1ccccc1. The quantitative estimate of drug-likeness (QED) is 0.154. The summed E-state index contributed by atoms with van der Waals surface area (Å²) < 4.78 is 5.07. The molecule has 8 aromatic rings. The maximum Gasteiger partial charge on any atom is 0.262 e. The third-order valence-electron chi connectivity index (χ3n) is 9.48. The van der Waals surface area contributed by atoms with Gasteiger partial charge in [-0.3, -0.25) is 19.3 Å². The number of rotatable bonds is 8. The molecule has 59 heavy (non-hydrogen) atoms. The summed E-state index contributed by atoms with van der Waals surface area (Å²) in [6, 6.07) is 68.9. The van der Waals surface area contributed by atoms with Crippen LogP contribution in [-0.2, 0) is 0 Å². The molecule has 0 aliphatic heterocycles. The van der Waals surface area contributed by atoms with E-state index in [2.05, 4.69) is 0 Å². The number of carbonyl (C=O) groups excluding carboxylic acids is 3. The average Bonchev–Trinajstić information content (AvgIpc) is 3.32. The van der Waals surface area contributed by atoms with Crippen molar-refractivity contribution in [1.29, 1.82) is 0 Å². The van der Waals surface area contributed by atoms with Crippen LogP contribution in [-0.4, -0.2) is 38.9 Å². The Balaban J connectivity index is 0.000000149. The molecule has 0 atom stereocenters. The predicted molar refractivity (Wildman–Crippen MR) is 241 cm³/mol. The number of ether oxygens (including phenoxy) is 1. The number of methoxy groups -OCH3 is 1.